The summed E-state index contributed by atoms with van der Waals surface area (Å²) in [7, 11) is 0. The largest absolute Gasteiger partial charge is 0.456 e. The highest BCUT2D eigenvalue weighted by Crippen LogP contribution is 2.53. The number of nitrogens with zero attached hydrogens (tertiary/aromatic N) is 1. The van der Waals surface area contributed by atoms with Crippen molar-refractivity contribution in [2.45, 2.75) is 25.7 Å². The first-order valence-electron chi connectivity index (χ1n) is 16.8. The summed E-state index contributed by atoms with van der Waals surface area (Å²) in [5, 5.41) is 4.92. The molecule has 2 aliphatic carbocycles. The molecule has 2 aliphatic rings. The molecular weight excluding hydrogens is 583 g/mol. The fourth-order valence-corrected chi connectivity index (χ4v) is 8.29. The van der Waals surface area contributed by atoms with E-state index in [1.54, 1.807) is 0 Å². The molecule has 48 heavy (non-hydrogen) atoms. The lowest BCUT2D eigenvalue weighted by Gasteiger charge is -2.21. The van der Waals surface area contributed by atoms with Crippen LogP contribution in [0.15, 0.2) is 156 Å². The lowest BCUT2D eigenvalue weighted by atomic mass is 9.82. The van der Waals surface area contributed by atoms with E-state index < -0.39 is 0 Å². The molecule has 2 heterocycles. The number of para-hydroxylation sites is 1. The van der Waals surface area contributed by atoms with Gasteiger partial charge in [0, 0.05) is 32.6 Å². The number of benzene rings is 6. The molecule has 0 saturated heterocycles. The van der Waals surface area contributed by atoms with Crippen LogP contribution in [0.5, 0.6) is 0 Å². The third-order valence-corrected chi connectivity index (χ3v) is 10.7. The number of hydrogen-bond acceptors (Lipinski definition) is 1. The highest BCUT2D eigenvalue weighted by atomic mass is 16.3. The Kier molecular flexibility index (Phi) is 5.72. The summed E-state index contributed by atoms with van der Waals surface area (Å²) in [4.78, 5) is 0. The van der Waals surface area contributed by atoms with Crippen molar-refractivity contribution in [3.05, 3.63) is 168 Å². The Balaban J connectivity index is 1.24. The zero-order chi connectivity index (χ0) is 32.0. The number of furan rings is 1. The van der Waals surface area contributed by atoms with E-state index in [4.69, 9.17) is 4.42 Å². The summed E-state index contributed by atoms with van der Waals surface area (Å²) in [6, 6.07) is 44.6. The van der Waals surface area contributed by atoms with Crippen LogP contribution in [0.2, 0.25) is 0 Å². The van der Waals surface area contributed by atoms with Crippen LogP contribution in [-0.4, -0.2) is 4.57 Å². The van der Waals surface area contributed by atoms with E-state index in [2.05, 4.69) is 170 Å². The van der Waals surface area contributed by atoms with E-state index in [9.17, 15) is 0 Å². The smallest absolute Gasteiger partial charge is 0.136 e. The van der Waals surface area contributed by atoms with Crippen molar-refractivity contribution < 1.29 is 4.42 Å². The van der Waals surface area contributed by atoms with Crippen LogP contribution in [-0.2, 0) is 5.41 Å². The third-order valence-electron chi connectivity index (χ3n) is 10.7. The lowest BCUT2D eigenvalue weighted by Crippen LogP contribution is -2.14. The van der Waals surface area contributed by atoms with Crippen molar-refractivity contribution >= 4 is 49.3 Å². The number of allylic oxidation sites excluding steroid dienone is 6. The predicted molar refractivity (Wildman–Crippen MR) is 202 cm³/mol. The van der Waals surface area contributed by atoms with Crippen LogP contribution < -0.4 is 0 Å². The average molecular weight is 616 g/mol. The van der Waals surface area contributed by atoms with Crippen molar-refractivity contribution in [3.63, 3.8) is 0 Å². The molecule has 0 unspecified atom stereocenters. The van der Waals surface area contributed by atoms with Crippen molar-refractivity contribution in [1.29, 1.82) is 0 Å². The lowest BCUT2D eigenvalue weighted by molar-refractivity contribution is 0.656. The van der Waals surface area contributed by atoms with Crippen molar-refractivity contribution in [1.82, 2.24) is 4.57 Å². The van der Waals surface area contributed by atoms with Gasteiger partial charge in [0.15, 0.2) is 0 Å². The summed E-state index contributed by atoms with van der Waals surface area (Å²) in [6.45, 7) is 4.70. The average Bonchev–Trinajstić information content (AvgIpc) is 3.62. The molecule has 10 rings (SSSR count). The minimum Gasteiger partial charge on any atom is -0.456 e. The molecule has 0 amide bonds. The summed E-state index contributed by atoms with van der Waals surface area (Å²) in [6.07, 6.45) is 11.8. The third kappa shape index (κ3) is 3.86. The quantitative estimate of drug-likeness (QED) is 0.193. The molecule has 0 atom stereocenters. The highest BCUT2D eigenvalue weighted by Gasteiger charge is 2.37. The molecule has 0 saturated carbocycles. The summed E-state index contributed by atoms with van der Waals surface area (Å²) < 4.78 is 8.84. The predicted octanol–water partition coefficient (Wildman–Crippen LogP) is 12.6. The Labute approximate surface area is 279 Å². The van der Waals surface area contributed by atoms with E-state index >= 15 is 0 Å². The Morgan fingerprint density at radius 3 is 2.19 bits per heavy atom. The Bertz CT molecular complexity index is 2710. The molecule has 228 valence electrons. The number of aromatic nitrogens is 1. The molecule has 0 radical (unpaired) electrons. The van der Waals surface area contributed by atoms with Gasteiger partial charge in [-0.1, -0.05) is 117 Å². The molecule has 6 aromatic carbocycles. The Morgan fingerprint density at radius 2 is 1.33 bits per heavy atom. The number of fused-ring (bicyclic) bond motifs is 10. The van der Waals surface area contributed by atoms with Crippen LogP contribution in [0.4, 0.5) is 0 Å². The van der Waals surface area contributed by atoms with E-state index in [0.29, 0.717) is 0 Å². The van der Waals surface area contributed by atoms with E-state index in [-0.39, 0.29) is 5.41 Å². The van der Waals surface area contributed by atoms with Gasteiger partial charge in [0.1, 0.15) is 11.2 Å². The molecule has 0 fully saturated rings. The molecule has 2 heteroatoms. The molecule has 0 spiro atoms. The second kappa shape index (κ2) is 10.1. The number of hydrogen-bond donors (Lipinski definition) is 0. The molecule has 8 aromatic rings. The summed E-state index contributed by atoms with van der Waals surface area (Å²) >= 11 is 0. The van der Waals surface area contributed by atoms with Gasteiger partial charge in [0.05, 0.1) is 11.0 Å². The monoisotopic (exact) mass is 615 g/mol. The van der Waals surface area contributed by atoms with Crippen molar-refractivity contribution in [3.8, 4) is 27.9 Å². The van der Waals surface area contributed by atoms with Gasteiger partial charge in [-0.05, 0) is 99.5 Å². The van der Waals surface area contributed by atoms with E-state index in [0.717, 1.165) is 17.6 Å². The normalized spacial score (nSPS) is 14.9. The van der Waals surface area contributed by atoms with Gasteiger partial charge in [-0.2, -0.15) is 0 Å². The van der Waals surface area contributed by atoms with Gasteiger partial charge in [-0.25, -0.2) is 0 Å². The first-order chi connectivity index (χ1) is 23.6. The molecule has 0 bridgehead atoms. The molecule has 0 N–H and O–H groups in total. The van der Waals surface area contributed by atoms with Crippen LogP contribution in [0.3, 0.4) is 0 Å². The zero-order valence-corrected chi connectivity index (χ0v) is 27.0. The standard InChI is InChI=1S/C46H33NO/c1-46(2)38-21-20-33(28-37(38)44-39(46)22-25-43-45(44)34-16-10-11-17-42(34)48-43)47-40-23-18-31(29-12-6-3-4-7-13-29)26-35(40)36-27-32(19-24-41(36)47)30-14-8-5-9-15-30/h3-12,14-28H,13H2,1-2H3. The maximum atomic E-state index is 6.38. The van der Waals surface area contributed by atoms with Crippen LogP contribution >= 0.6 is 0 Å². The fourth-order valence-electron chi connectivity index (χ4n) is 8.29. The van der Waals surface area contributed by atoms with Gasteiger partial charge in [0.25, 0.3) is 0 Å². The minimum absolute atomic E-state index is 0.120. The molecular formula is C46H33NO. The van der Waals surface area contributed by atoms with E-state index in [1.165, 1.54) is 82.8 Å². The van der Waals surface area contributed by atoms with Gasteiger partial charge in [0.2, 0.25) is 0 Å². The highest BCUT2D eigenvalue weighted by molar-refractivity contribution is 6.15. The Morgan fingerprint density at radius 1 is 0.583 bits per heavy atom. The zero-order valence-electron chi connectivity index (χ0n) is 27.0. The minimum atomic E-state index is -0.120. The summed E-state index contributed by atoms with van der Waals surface area (Å²) in [5.74, 6) is 0. The molecule has 2 aromatic heterocycles. The van der Waals surface area contributed by atoms with Gasteiger partial charge in [-0.3, -0.25) is 0 Å². The molecule has 2 nitrogen and oxygen atoms in total. The van der Waals surface area contributed by atoms with Crippen LogP contribution in [0, 0.1) is 0 Å². The SMILES string of the molecule is CC1(C)c2ccc(-n3c4ccc(C5=CC=CC=CC5)cc4c4cc(-c5ccccc5)ccc43)cc2-c2c1ccc1oc3ccccc3c21. The first-order valence-corrected chi connectivity index (χ1v) is 16.8. The van der Waals surface area contributed by atoms with Crippen LogP contribution in [0.25, 0.3) is 77.3 Å². The second-order valence-electron chi connectivity index (χ2n) is 13.7. The van der Waals surface area contributed by atoms with Crippen molar-refractivity contribution in [2.75, 3.05) is 0 Å². The summed E-state index contributed by atoms with van der Waals surface area (Å²) in [5.41, 5.74) is 15.7. The number of rotatable bonds is 3. The molecule has 0 aliphatic heterocycles. The van der Waals surface area contributed by atoms with E-state index in [1.807, 2.05) is 0 Å². The van der Waals surface area contributed by atoms with Gasteiger partial charge < -0.3 is 8.98 Å². The Hall–Kier alpha value is -5.86. The fraction of sp³-hybridized carbons (Fsp3) is 0.0870. The first kappa shape index (κ1) is 27.3. The van der Waals surface area contributed by atoms with Gasteiger partial charge >= 0.3 is 0 Å². The van der Waals surface area contributed by atoms with Gasteiger partial charge in [-0.15, -0.1) is 0 Å². The maximum Gasteiger partial charge on any atom is 0.136 e. The van der Waals surface area contributed by atoms with Crippen molar-refractivity contribution in [2.24, 2.45) is 0 Å². The second-order valence-corrected chi connectivity index (χ2v) is 13.7. The maximum absolute atomic E-state index is 6.38. The van der Waals surface area contributed by atoms with Crippen LogP contribution in [0.1, 0.15) is 37.0 Å². The topological polar surface area (TPSA) is 18.1 Å².